The number of hydrogen-bond acceptors (Lipinski definition) is 3. The number of aliphatic hydroxyl groups is 1. The molecule has 3 nitrogen and oxygen atoms in total. The van der Waals surface area contributed by atoms with Crippen molar-refractivity contribution in [3.05, 3.63) is 30.1 Å². The second kappa shape index (κ2) is 7.46. The summed E-state index contributed by atoms with van der Waals surface area (Å²) >= 11 is 0. The molecule has 1 saturated heterocycles. The fraction of sp³-hybridized carbons (Fsp3) is 0.600. The minimum Gasteiger partial charge on any atom is -0.494 e. The first-order chi connectivity index (χ1) is 9.29. The van der Waals surface area contributed by atoms with Crippen LogP contribution in [0.1, 0.15) is 25.7 Å². The Morgan fingerprint density at radius 2 is 2.05 bits per heavy atom. The van der Waals surface area contributed by atoms with E-state index in [9.17, 15) is 9.50 Å². The van der Waals surface area contributed by atoms with E-state index in [0.29, 0.717) is 18.4 Å². The first-order valence-electron chi connectivity index (χ1n) is 7.03. The average Bonchev–Trinajstić information content (AvgIpc) is 2.46. The lowest BCUT2D eigenvalue weighted by Gasteiger charge is -2.34. The van der Waals surface area contributed by atoms with Gasteiger partial charge in [0, 0.05) is 12.6 Å². The quantitative estimate of drug-likeness (QED) is 0.804. The van der Waals surface area contributed by atoms with Crippen LogP contribution in [0.5, 0.6) is 5.75 Å². The van der Waals surface area contributed by atoms with Crippen molar-refractivity contribution in [2.75, 3.05) is 26.3 Å². The topological polar surface area (TPSA) is 32.7 Å². The fourth-order valence-corrected chi connectivity index (χ4v) is 2.55. The molecule has 1 aromatic rings. The summed E-state index contributed by atoms with van der Waals surface area (Å²) in [5.74, 6) is 0.463. The van der Waals surface area contributed by atoms with Crippen LogP contribution in [0, 0.1) is 5.82 Å². The van der Waals surface area contributed by atoms with Crippen molar-refractivity contribution < 1.29 is 14.2 Å². The predicted octanol–water partition coefficient (Wildman–Crippen LogP) is 2.44. The van der Waals surface area contributed by atoms with Crippen LogP contribution in [0.15, 0.2) is 24.3 Å². The van der Waals surface area contributed by atoms with Gasteiger partial charge >= 0.3 is 0 Å². The van der Waals surface area contributed by atoms with Crippen LogP contribution in [-0.2, 0) is 0 Å². The van der Waals surface area contributed by atoms with E-state index >= 15 is 0 Å². The summed E-state index contributed by atoms with van der Waals surface area (Å²) in [6, 6.07) is 6.42. The molecule has 1 aliphatic heterocycles. The van der Waals surface area contributed by atoms with Crippen molar-refractivity contribution in [3.8, 4) is 5.75 Å². The molecule has 0 saturated carbocycles. The molecule has 1 aliphatic rings. The zero-order chi connectivity index (χ0) is 13.5. The normalized spacial score (nSPS) is 20.4. The van der Waals surface area contributed by atoms with E-state index in [0.717, 1.165) is 25.9 Å². The number of hydrogen-bond donors (Lipinski definition) is 1. The van der Waals surface area contributed by atoms with E-state index in [2.05, 4.69) is 4.90 Å². The monoisotopic (exact) mass is 267 g/mol. The van der Waals surface area contributed by atoms with Crippen molar-refractivity contribution >= 4 is 0 Å². The highest BCUT2D eigenvalue weighted by Crippen LogP contribution is 2.17. The van der Waals surface area contributed by atoms with Crippen LogP contribution in [-0.4, -0.2) is 42.4 Å². The summed E-state index contributed by atoms with van der Waals surface area (Å²) < 4.78 is 18.3. The lowest BCUT2D eigenvalue weighted by molar-refractivity contribution is 0.0851. The number of piperidine rings is 1. The van der Waals surface area contributed by atoms with E-state index < -0.39 is 0 Å². The molecule has 19 heavy (non-hydrogen) atoms. The standard InChI is InChI=1S/C15H22FNO2/c16-13-5-7-15(8-6-13)19-11-3-10-17-9-2-1-4-14(17)12-18/h5-8,14,18H,1-4,9-12H2/t14-/m1/s1. The van der Waals surface area contributed by atoms with Crippen molar-refractivity contribution in [1.82, 2.24) is 4.90 Å². The lowest BCUT2D eigenvalue weighted by Crippen LogP contribution is -2.42. The Morgan fingerprint density at radius 1 is 1.26 bits per heavy atom. The molecule has 106 valence electrons. The van der Waals surface area contributed by atoms with Gasteiger partial charge in [-0.15, -0.1) is 0 Å². The van der Waals surface area contributed by atoms with E-state index in [1.54, 1.807) is 12.1 Å². The number of halogens is 1. The molecule has 0 spiro atoms. The molecule has 1 heterocycles. The van der Waals surface area contributed by atoms with E-state index in [1.807, 2.05) is 0 Å². The Morgan fingerprint density at radius 3 is 2.79 bits per heavy atom. The summed E-state index contributed by atoms with van der Waals surface area (Å²) in [6.45, 7) is 2.90. The van der Waals surface area contributed by atoms with Crippen molar-refractivity contribution in [2.24, 2.45) is 0 Å². The van der Waals surface area contributed by atoms with Gasteiger partial charge in [-0.3, -0.25) is 4.90 Å². The molecule has 1 atom stereocenters. The molecule has 0 aliphatic carbocycles. The number of benzene rings is 1. The van der Waals surface area contributed by atoms with Crippen molar-refractivity contribution in [2.45, 2.75) is 31.7 Å². The summed E-state index contributed by atoms with van der Waals surface area (Å²) in [5, 5.41) is 9.31. The third kappa shape index (κ3) is 4.48. The van der Waals surface area contributed by atoms with Crippen LogP contribution < -0.4 is 4.74 Å². The number of nitrogens with zero attached hydrogens (tertiary/aromatic N) is 1. The van der Waals surface area contributed by atoms with Gasteiger partial charge in [-0.25, -0.2) is 4.39 Å². The average molecular weight is 267 g/mol. The molecule has 0 bridgehead atoms. The molecule has 1 N–H and O–H groups in total. The Labute approximate surface area is 114 Å². The first kappa shape index (κ1) is 14.3. The maximum atomic E-state index is 12.7. The summed E-state index contributed by atoms with van der Waals surface area (Å²) in [7, 11) is 0. The van der Waals surface area contributed by atoms with Gasteiger partial charge in [0.25, 0.3) is 0 Å². The molecule has 2 rings (SSSR count). The Balaban J connectivity index is 1.67. The first-order valence-corrected chi connectivity index (χ1v) is 7.03. The maximum absolute atomic E-state index is 12.7. The SMILES string of the molecule is OC[C@H]1CCCCN1CCCOc1ccc(F)cc1. The van der Waals surface area contributed by atoms with Crippen LogP contribution in [0.2, 0.25) is 0 Å². The number of rotatable bonds is 6. The fourth-order valence-electron chi connectivity index (χ4n) is 2.55. The molecule has 0 unspecified atom stereocenters. The van der Waals surface area contributed by atoms with Gasteiger partial charge in [0.05, 0.1) is 13.2 Å². The van der Waals surface area contributed by atoms with Gasteiger partial charge in [-0.05, 0) is 50.1 Å². The molecule has 1 fully saturated rings. The third-order valence-electron chi connectivity index (χ3n) is 3.63. The highest BCUT2D eigenvalue weighted by Gasteiger charge is 2.20. The second-order valence-electron chi connectivity index (χ2n) is 5.02. The van der Waals surface area contributed by atoms with Crippen LogP contribution in [0.25, 0.3) is 0 Å². The zero-order valence-electron chi connectivity index (χ0n) is 11.2. The number of ether oxygens (including phenoxy) is 1. The lowest BCUT2D eigenvalue weighted by atomic mass is 10.0. The molecule has 0 amide bonds. The summed E-state index contributed by atoms with van der Waals surface area (Å²) in [5.41, 5.74) is 0. The largest absolute Gasteiger partial charge is 0.494 e. The van der Waals surface area contributed by atoms with Gasteiger partial charge in [0.1, 0.15) is 11.6 Å². The molecule has 1 aromatic carbocycles. The van der Waals surface area contributed by atoms with E-state index in [-0.39, 0.29) is 12.4 Å². The molecule has 0 radical (unpaired) electrons. The Kier molecular flexibility index (Phi) is 5.61. The van der Waals surface area contributed by atoms with Crippen molar-refractivity contribution in [1.29, 1.82) is 0 Å². The maximum Gasteiger partial charge on any atom is 0.123 e. The molecule has 0 aromatic heterocycles. The highest BCUT2D eigenvalue weighted by atomic mass is 19.1. The molecule has 4 heteroatoms. The summed E-state index contributed by atoms with van der Waals surface area (Å²) in [4.78, 5) is 2.34. The van der Waals surface area contributed by atoms with E-state index in [4.69, 9.17) is 4.74 Å². The second-order valence-corrected chi connectivity index (χ2v) is 5.02. The zero-order valence-corrected chi connectivity index (χ0v) is 11.2. The Hall–Kier alpha value is -1.13. The predicted molar refractivity (Wildman–Crippen MR) is 72.8 cm³/mol. The molecular weight excluding hydrogens is 245 g/mol. The smallest absolute Gasteiger partial charge is 0.123 e. The number of likely N-dealkylation sites (tertiary alicyclic amines) is 1. The third-order valence-corrected chi connectivity index (χ3v) is 3.63. The van der Waals surface area contributed by atoms with Gasteiger partial charge in [-0.2, -0.15) is 0 Å². The van der Waals surface area contributed by atoms with Crippen LogP contribution in [0.3, 0.4) is 0 Å². The summed E-state index contributed by atoms with van der Waals surface area (Å²) in [6.07, 6.45) is 4.45. The van der Waals surface area contributed by atoms with Gasteiger partial charge < -0.3 is 9.84 Å². The van der Waals surface area contributed by atoms with Gasteiger partial charge in [0.2, 0.25) is 0 Å². The van der Waals surface area contributed by atoms with Crippen LogP contribution >= 0.6 is 0 Å². The van der Waals surface area contributed by atoms with Gasteiger partial charge in [0.15, 0.2) is 0 Å². The Bertz CT molecular complexity index is 369. The van der Waals surface area contributed by atoms with Gasteiger partial charge in [-0.1, -0.05) is 6.42 Å². The number of aliphatic hydroxyl groups excluding tert-OH is 1. The van der Waals surface area contributed by atoms with Crippen LogP contribution in [0.4, 0.5) is 4.39 Å². The minimum absolute atomic E-state index is 0.244. The minimum atomic E-state index is -0.244. The van der Waals surface area contributed by atoms with E-state index in [1.165, 1.54) is 25.0 Å². The molecular formula is C15H22FNO2. The highest BCUT2D eigenvalue weighted by molar-refractivity contribution is 5.21. The van der Waals surface area contributed by atoms with Crippen molar-refractivity contribution in [3.63, 3.8) is 0 Å².